The topological polar surface area (TPSA) is 46.3 Å². The van der Waals surface area contributed by atoms with Crippen molar-refractivity contribution in [3.8, 4) is 0 Å². The fraction of sp³-hybridized carbons (Fsp3) is 0.471. The Morgan fingerprint density at radius 2 is 2.05 bits per heavy atom. The van der Waals surface area contributed by atoms with Crippen LogP contribution in [0.25, 0.3) is 0 Å². The first kappa shape index (κ1) is 12.2. The normalized spacial score (nSPS) is 34.4. The number of para-hydroxylation sites is 1. The van der Waals surface area contributed by atoms with Crippen molar-refractivity contribution in [3.05, 3.63) is 42.0 Å². The predicted octanol–water partition coefficient (Wildman–Crippen LogP) is 2.12. The maximum Gasteiger partial charge on any atom is 0.230 e. The summed E-state index contributed by atoms with van der Waals surface area (Å²) in [6.45, 7) is 0.660. The summed E-state index contributed by atoms with van der Waals surface area (Å²) in [5.41, 5.74) is 8.43. The summed E-state index contributed by atoms with van der Waals surface area (Å²) in [5.74, 6) is 1.54. The van der Waals surface area contributed by atoms with Crippen molar-refractivity contribution in [3.63, 3.8) is 0 Å². The number of anilines is 1. The number of hydrogen-bond acceptors (Lipinski definition) is 2. The molecule has 2 N–H and O–H groups in total. The molecule has 104 valence electrons. The Morgan fingerprint density at radius 3 is 2.80 bits per heavy atom. The second kappa shape index (κ2) is 4.45. The van der Waals surface area contributed by atoms with E-state index in [0.717, 1.165) is 24.9 Å². The Kier molecular flexibility index (Phi) is 2.71. The van der Waals surface area contributed by atoms with E-state index < -0.39 is 0 Å². The number of nitrogens with two attached hydrogens (primary N) is 1. The van der Waals surface area contributed by atoms with Gasteiger partial charge < -0.3 is 10.6 Å². The highest BCUT2D eigenvalue weighted by Gasteiger charge is 2.42. The Bertz CT molecular complexity index is 580. The van der Waals surface area contributed by atoms with Gasteiger partial charge in [-0.05, 0) is 42.7 Å². The second-order valence-corrected chi connectivity index (χ2v) is 6.43. The van der Waals surface area contributed by atoms with Crippen LogP contribution in [0.15, 0.2) is 36.4 Å². The molecule has 0 radical (unpaired) electrons. The van der Waals surface area contributed by atoms with Gasteiger partial charge in [-0.3, -0.25) is 4.79 Å². The molecule has 1 aromatic rings. The van der Waals surface area contributed by atoms with Crippen molar-refractivity contribution in [1.29, 1.82) is 0 Å². The number of carbonyl (C=O) groups excluding carboxylic acids is 1. The van der Waals surface area contributed by atoms with Crippen molar-refractivity contribution in [2.75, 3.05) is 11.4 Å². The van der Waals surface area contributed by atoms with Crippen molar-refractivity contribution in [2.45, 2.75) is 25.3 Å². The van der Waals surface area contributed by atoms with Crippen LogP contribution in [-0.4, -0.2) is 18.5 Å². The van der Waals surface area contributed by atoms with E-state index in [0.29, 0.717) is 18.4 Å². The molecule has 2 aliphatic carbocycles. The Labute approximate surface area is 119 Å². The van der Waals surface area contributed by atoms with Crippen LogP contribution in [0.2, 0.25) is 0 Å². The number of hydrogen-bond donors (Lipinski definition) is 1. The summed E-state index contributed by atoms with van der Waals surface area (Å²) < 4.78 is 0. The summed E-state index contributed by atoms with van der Waals surface area (Å²) >= 11 is 0. The van der Waals surface area contributed by atoms with Crippen molar-refractivity contribution < 1.29 is 4.79 Å². The van der Waals surface area contributed by atoms with Gasteiger partial charge in [-0.25, -0.2) is 0 Å². The molecule has 4 atom stereocenters. The molecule has 3 aliphatic rings. The lowest BCUT2D eigenvalue weighted by Gasteiger charge is -2.35. The van der Waals surface area contributed by atoms with Gasteiger partial charge in [0.05, 0.1) is 0 Å². The fourth-order valence-electron chi connectivity index (χ4n) is 4.10. The summed E-state index contributed by atoms with van der Waals surface area (Å²) in [6, 6.07) is 8.25. The largest absolute Gasteiger partial charge is 0.326 e. The van der Waals surface area contributed by atoms with E-state index in [4.69, 9.17) is 5.73 Å². The monoisotopic (exact) mass is 268 g/mol. The first-order valence-corrected chi connectivity index (χ1v) is 7.55. The van der Waals surface area contributed by atoms with E-state index in [-0.39, 0.29) is 17.9 Å². The lowest BCUT2D eigenvalue weighted by Crippen LogP contribution is -2.48. The number of benzene rings is 1. The SMILES string of the molecule is NC1Cc2ccccc2N(C(=O)C2CC3C=CC2C3)C1. The molecule has 3 nitrogen and oxygen atoms in total. The highest BCUT2D eigenvalue weighted by atomic mass is 16.2. The van der Waals surface area contributed by atoms with Crippen LogP contribution in [-0.2, 0) is 11.2 Å². The summed E-state index contributed by atoms with van der Waals surface area (Å²) in [6.07, 6.45) is 7.58. The lowest BCUT2D eigenvalue weighted by molar-refractivity contribution is -0.123. The minimum Gasteiger partial charge on any atom is -0.326 e. The molecule has 4 rings (SSSR count). The van der Waals surface area contributed by atoms with Crippen LogP contribution in [0.5, 0.6) is 0 Å². The van der Waals surface area contributed by atoms with E-state index in [1.807, 2.05) is 17.0 Å². The molecule has 1 aromatic carbocycles. The molecule has 0 aromatic heterocycles. The van der Waals surface area contributed by atoms with E-state index in [9.17, 15) is 4.79 Å². The van der Waals surface area contributed by atoms with Crippen molar-refractivity contribution in [2.24, 2.45) is 23.5 Å². The standard InChI is InChI=1S/C17H20N2O/c18-14-9-13-3-1-2-4-16(13)19(10-14)17(20)15-8-11-5-6-12(15)7-11/h1-6,11-12,14-15H,7-10,18H2. The maximum absolute atomic E-state index is 12.9. The van der Waals surface area contributed by atoms with Crippen LogP contribution in [0.4, 0.5) is 5.69 Å². The summed E-state index contributed by atoms with van der Waals surface area (Å²) in [4.78, 5) is 14.9. The molecule has 20 heavy (non-hydrogen) atoms. The number of fused-ring (bicyclic) bond motifs is 3. The van der Waals surface area contributed by atoms with Crippen LogP contribution >= 0.6 is 0 Å². The van der Waals surface area contributed by atoms with E-state index >= 15 is 0 Å². The molecule has 1 fully saturated rings. The van der Waals surface area contributed by atoms with Crippen LogP contribution < -0.4 is 10.6 Å². The number of nitrogens with zero attached hydrogens (tertiary/aromatic N) is 1. The molecule has 1 saturated carbocycles. The van der Waals surface area contributed by atoms with Gasteiger partial charge >= 0.3 is 0 Å². The Balaban J connectivity index is 1.65. The fourth-order valence-corrected chi connectivity index (χ4v) is 4.10. The van der Waals surface area contributed by atoms with Gasteiger partial charge in [-0.2, -0.15) is 0 Å². The Hall–Kier alpha value is -1.61. The second-order valence-electron chi connectivity index (χ2n) is 6.43. The number of amides is 1. The third kappa shape index (κ3) is 1.80. The number of carbonyl (C=O) groups is 1. The average molecular weight is 268 g/mol. The van der Waals surface area contributed by atoms with Gasteiger partial charge in [0.15, 0.2) is 0 Å². The van der Waals surface area contributed by atoms with E-state index in [2.05, 4.69) is 24.3 Å². The molecule has 0 saturated heterocycles. The first-order valence-electron chi connectivity index (χ1n) is 7.55. The minimum absolute atomic E-state index is 0.0583. The Morgan fingerprint density at radius 1 is 1.20 bits per heavy atom. The quantitative estimate of drug-likeness (QED) is 0.793. The zero-order chi connectivity index (χ0) is 13.7. The molecule has 4 unspecified atom stereocenters. The third-order valence-electron chi connectivity index (χ3n) is 5.04. The van der Waals surface area contributed by atoms with Crippen LogP contribution in [0, 0.1) is 17.8 Å². The third-order valence-corrected chi connectivity index (χ3v) is 5.04. The first-order chi connectivity index (χ1) is 9.72. The number of rotatable bonds is 1. The summed E-state index contributed by atoms with van der Waals surface area (Å²) in [5, 5.41) is 0. The maximum atomic E-state index is 12.9. The minimum atomic E-state index is 0.0583. The smallest absolute Gasteiger partial charge is 0.230 e. The molecular weight excluding hydrogens is 248 g/mol. The summed E-state index contributed by atoms with van der Waals surface area (Å²) in [7, 11) is 0. The highest BCUT2D eigenvalue weighted by molar-refractivity contribution is 5.97. The highest BCUT2D eigenvalue weighted by Crippen LogP contribution is 2.45. The number of allylic oxidation sites excluding steroid dienone is 2. The van der Waals surface area contributed by atoms with Crippen molar-refractivity contribution >= 4 is 11.6 Å². The van der Waals surface area contributed by atoms with Gasteiger partial charge in [-0.1, -0.05) is 30.4 Å². The molecular formula is C17H20N2O. The molecule has 2 bridgehead atoms. The van der Waals surface area contributed by atoms with Gasteiger partial charge in [0.2, 0.25) is 5.91 Å². The van der Waals surface area contributed by atoms with Crippen LogP contribution in [0.3, 0.4) is 0 Å². The zero-order valence-corrected chi connectivity index (χ0v) is 11.5. The lowest BCUT2D eigenvalue weighted by atomic mass is 9.90. The molecule has 3 heteroatoms. The molecule has 1 amide bonds. The molecule has 1 heterocycles. The molecule has 1 aliphatic heterocycles. The average Bonchev–Trinajstić information content (AvgIpc) is 3.08. The van der Waals surface area contributed by atoms with Crippen LogP contribution in [0.1, 0.15) is 18.4 Å². The van der Waals surface area contributed by atoms with Gasteiger partial charge in [0.1, 0.15) is 0 Å². The van der Waals surface area contributed by atoms with E-state index in [1.165, 1.54) is 5.56 Å². The molecule has 0 spiro atoms. The predicted molar refractivity (Wildman–Crippen MR) is 79.3 cm³/mol. The zero-order valence-electron chi connectivity index (χ0n) is 11.5. The van der Waals surface area contributed by atoms with Gasteiger partial charge in [-0.15, -0.1) is 0 Å². The van der Waals surface area contributed by atoms with Gasteiger partial charge in [0, 0.05) is 24.2 Å². The van der Waals surface area contributed by atoms with E-state index in [1.54, 1.807) is 0 Å². The van der Waals surface area contributed by atoms with Gasteiger partial charge in [0.25, 0.3) is 0 Å². The van der Waals surface area contributed by atoms with Crippen molar-refractivity contribution in [1.82, 2.24) is 0 Å².